The zero-order chi connectivity index (χ0) is 14.3. The van der Waals surface area contributed by atoms with Crippen molar-refractivity contribution in [2.75, 3.05) is 0 Å². The molecule has 1 nitrogen and oxygen atoms in total. The minimum Gasteiger partial charge on any atom is -0.507 e. The number of phenolic OH excluding ortho intramolecular Hbond substituents is 1. The minimum atomic E-state index is -0.262. The first-order valence-electron chi connectivity index (χ1n) is 6.55. The highest BCUT2D eigenvalue weighted by Gasteiger charge is 2.28. The first-order chi connectivity index (χ1) is 8.00. The van der Waals surface area contributed by atoms with Crippen molar-refractivity contribution in [1.29, 1.82) is 0 Å². The van der Waals surface area contributed by atoms with E-state index in [-0.39, 0.29) is 22.4 Å². The van der Waals surface area contributed by atoms with Gasteiger partial charge in [-0.1, -0.05) is 48.5 Å². The van der Waals surface area contributed by atoms with Gasteiger partial charge in [-0.2, -0.15) is 0 Å². The largest absolute Gasteiger partial charge is 0.507 e. The lowest BCUT2D eigenvalue weighted by Crippen LogP contribution is -2.19. The molecule has 0 aromatic heterocycles. The number of rotatable bonds is 1. The highest BCUT2D eigenvalue weighted by atomic mass is 19.1. The second-order valence-corrected chi connectivity index (χ2v) is 6.97. The Bertz CT molecular complexity index is 409. The number of hydrogen-bond acceptors (Lipinski definition) is 1. The normalized spacial score (nSPS) is 12.9. The fourth-order valence-electron chi connectivity index (χ4n) is 2.15. The van der Waals surface area contributed by atoms with Crippen LogP contribution in [0, 0.1) is 5.82 Å². The summed E-state index contributed by atoms with van der Waals surface area (Å²) >= 11 is 0. The lowest BCUT2D eigenvalue weighted by molar-refractivity contribution is 0.425. The molecule has 0 bridgehead atoms. The molecule has 1 aromatic carbocycles. The van der Waals surface area contributed by atoms with Crippen LogP contribution in [0.2, 0.25) is 0 Å². The van der Waals surface area contributed by atoms with Crippen molar-refractivity contribution in [2.24, 2.45) is 0 Å². The number of aromatic hydroxyl groups is 1. The van der Waals surface area contributed by atoms with Crippen molar-refractivity contribution in [1.82, 2.24) is 0 Å². The summed E-state index contributed by atoms with van der Waals surface area (Å²) in [5, 5.41) is 10.3. The predicted molar refractivity (Wildman–Crippen MR) is 74.8 cm³/mol. The van der Waals surface area contributed by atoms with E-state index in [1.54, 1.807) is 0 Å². The Morgan fingerprint density at radius 3 is 1.78 bits per heavy atom. The van der Waals surface area contributed by atoms with Crippen LogP contribution in [0.1, 0.15) is 65.2 Å². The van der Waals surface area contributed by atoms with Crippen molar-refractivity contribution >= 4 is 0 Å². The van der Waals surface area contributed by atoms with Gasteiger partial charge in [-0.3, -0.25) is 0 Å². The number of hydrogen-bond donors (Lipinski definition) is 1. The van der Waals surface area contributed by atoms with Gasteiger partial charge in [0, 0.05) is 11.1 Å². The second kappa shape index (κ2) is 4.56. The zero-order valence-corrected chi connectivity index (χ0v) is 12.6. The lowest BCUT2D eigenvalue weighted by Gasteiger charge is -2.28. The average molecular weight is 252 g/mol. The van der Waals surface area contributed by atoms with Gasteiger partial charge in [0.25, 0.3) is 0 Å². The first kappa shape index (κ1) is 15.0. The lowest BCUT2D eigenvalue weighted by atomic mass is 9.78. The molecule has 0 fully saturated rings. The maximum Gasteiger partial charge on any atom is 0.133 e. The van der Waals surface area contributed by atoms with Crippen LogP contribution in [0.25, 0.3) is 0 Å². The maximum absolute atomic E-state index is 14.4. The van der Waals surface area contributed by atoms with Gasteiger partial charge in [-0.25, -0.2) is 4.39 Å². The smallest absolute Gasteiger partial charge is 0.133 e. The summed E-state index contributed by atoms with van der Waals surface area (Å²) in [5.74, 6) is -0.133. The quantitative estimate of drug-likeness (QED) is 0.768. The molecule has 0 radical (unpaired) electrons. The van der Waals surface area contributed by atoms with Gasteiger partial charge in [-0.15, -0.1) is 0 Å². The maximum atomic E-state index is 14.4. The monoisotopic (exact) mass is 252 g/mol. The van der Waals surface area contributed by atoms with Crippen LogP contribution in [-0.2, 0) is 17.3 Å². The fraction of sp³-hybridized carbons (Fsp3) is 0.625. The Morgan fingerprint density at radius 1 is 1.00 bits per heavy atom. The van der Waals surface area contributed by atoms with Gasteiger partial charge in [0.15, 0.2) is 0 Å². The van der Waals surface area contributed by atoms with Crippen molar-refractivity contribution in [3.63, 3.8) is 0 Å². The van der Waals surface area contributed by atoms with Crippen LogP contribution in [-0.4, -0.2) is 5.11 Å². The van der Waals surface area contributed by atoms with E-state index in [0.717, 1.165) is 5.56 Å². The highest BCUT2D eigenvalue weighted by Crippen LogP contribution is 2.39. The first-order valence-corrected chi connectivity index (χ1v) is 6.55. The second-order valence-electron chi connectivity index (χ2n) is 6.97. The van der Waals surface area contributed by atoms with Crippen LogP contribution < -0.4 is 0 Å². The van der Waals surface area contributed by atoms with E-state index in [2.05, 4.69) is 0 Å². The predicted octanol–water partition coefficient (Wildman–Crippen LogP) is 4.69. The Kier molecular flexibility index (Phi) is 3.81. The molecular formula is C16H25FO. The van der Waals surface area contributed by atoms with Crippen LogP contribution in [0.5, 0.6) is 5.75 Å². The summed E-state index contributed by atoms with van der Waals surface area (Å²) in [5.41, 5.74) is 1.49. The number of halogens is 1. The third-order valence-electron chi connectivity index (χ3n) is 3.30. The summed E-state index contributed by atoms with van der Waals surface area (Å²) in [6.07, 6.45) is 0.505. The summed E-state index contributed by atoms with van der Waals surface area (Å²) in [7, 11) is 0. The molecule has 0 saturated heterocycles. The Morgan fingerprint density at radius 2 is 1.44 bits per heavy atom. The third kappa shape index (κ3) is 2.68. The standard InChI is InChI=1S/C16H25FO/c1-8-10-13(17)11(15(2,3)4)9-12(14(10)18)16(5,6)7/h9,18H,8H2,1-7H3. The topological polar surface area (TPSA) is 20.2 Å². The molecule has 0 amide bonds. The van der Waals surface area contributed by atoms with Crippen LogP contribution in [0.15, 0.2) is 6.07 Å². The van der Waals surface area contributed by atoms with Gasteiger partial charge in [-0.05, 0) is 28.9 Å². The van der Waals surface area contributed by atoms with E-state index >= 15 is 0 Å². The van der Waals surface area contributed by atoms with Crippen LogP contribution in [0.4, 0.5) is 4.39 Å². The van der Waals surface area contributed by atoms with E-state index < -0.39 is 0 Å². The molecular weight excluding hydrogens is 227 g/mol. The van der Waals surface area contributed by atoms with E-state index in [4.69, 9.17) is 0 Å². The Hall–Kier alpha value is -1.05. The summed E-state index contributed by atoms with van der Waals surface area (Å²) < 4.78 is 14.4. The van der Waals surface area contributed by atoms with Gasteiger partial charge >= 0.3 is 0 Å². The van der Waals surface area contributed by atoms with Gasteiger partial charge in [0.2, 0.25) is 0 Å². The molecule has 0 heterocycles. The summed E-state index contributed by atoms with van der Waals surface area (Å²) in [4.78, 5) is 0. The molecule has 0 saturated carbocycles. The number of benzene rings is 1. The van der Waals surface area contributed by atoms with Crippen LogP contribution in [0.3, 0.4) is 0 Å². The Labute approximate surface area is 110 Å². The van der Waals surface area contributed by atoms with Crippen molar-refractivity contribution < 1.29 is 9.50 Å². The molecule has 1 aromatic rings. The third-order valence-corrected chi connectivity index (χ3v) is 3.30. The molecule has 0 unspecified atom stereocenters. The molecule has 102 valence electrons. The zero-order valence-electron chi connectivity index (χ0n) is 12.6. The van der Waals surface area contributed by atoms with Gasteiger partial charge in [0.05, 0.1) is 0 Å². The molecule has 0 aliphatic carbocycles. The molecule has 0 aliphatic rings. The molecule has 18 heavy (non-hydrogen) atoms. The molecule has 0 aliphatic heterocycles. The van der Waals surface area contributed by atoms with E-state index in [1.807, 2.05) is 54.5 Å². The van der Waals surface area contributed by atoms with Gasteiger partial charge in [0.1, 0.15) is 11.6 Å². The van der Waals surface area contributed by atoms with E-state index in [9.17, 15) is 9.50 Å². The molecule has 0 spiro atoms. The fourth-order valence-corrected chi connectivity index (χ4v) is 2.15. The van der Waals surface area contributed by atoms with Gasteiger partial charge < -0.3 is 5.11 Å². The van der Waals surface area contributed by atoms with Crippen molar-refractivity contribution in [3.8, 4) is 5.75 Å². The SMILES string of the molecule is CCc1c(O)c(C(C)(C)C)cc(C(C)(C)C)c1F. The summed E-state index contributed by atoms with van der Waals surface area (Å²) in [6.45, 7) is 14.0. The molecule has 1 rings (SSSR count). The van der Waals surface area contributed by atoms with E-state index in [0.29, 0.717) is 17.5 Å². The summed E-state index contributed by atoms with van der Waals surface area (Å²) in [6, 6.07) is 1.82. The molecule has 1 N–H and O–H groups in total. The molecule has 2 heteroatoms. The van der Waals surface area contributed by atoms with Crippen LogP contribution >= 0.6 is 0 Å². The van der Waals surface area contributed by atoms with Crippen molar-refractivity contribution in [3.05, 3.63) is 28.6 Å². The van der Waals surface area contributed by atoms with E-state index in [1.165, 1.54) is 0 Å². The minimum absolute atomic E-state index is 0.121. The Balaban J connectivity index is 3.68. The number of phenols is 1. The average Bonchev–Trinajstić information content (AvgIpc) is 2.14. The highest BCUT2D eigenvalue weighted by molar-refractivity contribution is 5.49. The van der Waals surface area contributed by atoms with Crippen molar-refractivity contribution in [2.45, 2.75) is 65.7 Å². The molecule has 0 atom stereocenters.